The number of hydrogen-bond acceptors (Lipinski definition) is 3. The van der Waals surface area contributed by atoms with Gasteiger partial charge in [-0.15, -0.1) is 0 Å². The summed E-state index contributed by atoms with van der Waals surface area (Å²) in [7, 11) is 5.90. The summed E-state index contributed by atoms with van der Waals surface area (Å²) in [5, 5.41) is 10.1. The van der Waals surface area contributed by atoms with Gasteiger partial charge in [0.2, 0.25) is 0 Å². The van der Waals surface area contributed by atoms with E-state index in [1.807, 2.05) is 33.5 Å². The molecule has 116 valence electrons. The maximum atomic E-state index is 12.0. The molecule has 1 heterocycles. The third-order valence-corrected chi connectivity index (χ3v) is 3.76. The van der Waals surface area contributed by atoms with Crippen LogP contribution in [0.25, 0.3) is 0 Å². The van der Waals surface area contributed by atoms with E-state index < -0.39 is 0 Å². The summed E-state index contributed by atoms with van der Waals surface area (Å²) in [5.74, 6) is 0. The van der Waals surface area contributed by atoms with Crippen LogP contribution >= 0.6 is 0 Å². The van der Waals surface area contributed by atoms with Gasteiger partial charge in [-0.2, -0.15) is 5.10 Å². The number of allylic oxidation sites excluding steroid dienone is 1. The summed E-state index contributed by atoms with van der Waals surface area (Å²) in [4.78, 5) is 14.1. The highest BCUT2D eigenvalue weighted by atomic mass is 16.2. The fraction of sp³-hybridized carbons (Fsp3) is 0.600. The molecule has 21 heavy (non-hydrogen) atoms. The second-order valence-electron chi connectivity index (χ2n) is 5.75. The molecule has 1 aromatic heterocycles. The van der Waals surface area contributed by atoms with Crippen molar-refractivity contribution in [1.82, 2.24) is 25.3 Å². The van der Waals surface area contributed by atoms with Crippen molar-refractivity contribution in [2.75, 3.05) is 20.6 Å². The second kappa shape index (κ2) is 7.26. The Morgan fingerprint density at radius 1 is 1.57 bits per heavy atom. The van der Waals surface area contributed by atoms with Crippen molar-refractivity contribution in [2.45, 2.75) is 31.3 Å². The smallest absolute Gasteiger partial charge is 0.315 e. The number of aryl methyl sites for hydroxylation is 1. The largest absolute Gasteiger partial charge is 0.336 e. The minimum atomic E-state index is -0.109. The monoisotopic (exact) mass is 291 g/mol. The number of carbonyl (C=O) groups is 1. The number of rotatable bonds is 5. The SMILES string of the molecule is CN(C)[C@@H](CNC(=O)N[C@H]1C=CCCC1)c1cnn(C)c1. The summed E-state index contributed by atoms with van der Waals surface area (Å²) in [6, 6.07) is 0.170. The van der Waals surface area contributed by atoms with Crippen molar-refractivity contribution in [1.29, 1.82) is 0 Å². The topological polar surface area (TPSA) is 62.2 Å². The van der Waals surface area contributed by atoms with Crippen LogP contribution in [0.3, 0.4) is 0 Å². The first-order valence-electron chi connectivity index (χ1n) is 7.42. The second-order valence-corrected chi connectivity index (χ2v) is 5.75. The van der Waals surface area contributed by atoms with Crippen LogP contribution in [0, 0.1) is 0 Å². The first-order valence-corrected chi connectivity index (χ1v) is 7.42. The lowest BCUT2D eigenvalue weighted by molar-refractivity contribution is 0.230. The van der Waals surface area contributed by atoms with E-state index in [1.165, 1.54) is 0 Å². The Balaban J connectivity index is 1.85. The molecule has 6 nitrogen and oxygen atoms in total. The Labute approximate surface area is 126 Å². The first-order chi connectivity index (χ1) is 10.1. The van der Waals surface area contributed by atoms with E-state index in [2.05, 4.69) is 32.8 Å². The fourth-order valence-corrected chi connectivity index (χ4v) is 2.55. The lowest BCUT2D eigenvalue weighted by Gasteiger charge is -2.24. The lowest BCUT2D eigenvalue weighted by atomic mass is 10.0. The Bertz CT molecular complexity index is 494. The van der Waals surface area contributed by atoms with Gasteiger partial charge in [-0.1, -0.05) is 12.2 Å². The van der Waals surface area contributed by atoms with Gasteiger partial charge in [0.05, 0.1) is 12.2 Å². The van der Waals surface area contributed by atoms with Gasteiger partial charge in [0.25, 0.3) is 0 Å². The van der Waals surface area contributed by atoms with Gasteiger partial charge in [-0.3, -0.25) is 4.68 Å². The highest BCUT2D eigenvalue weighted by Crippen LogP contribution is 2.16. The fourth-order valence-electron chi connectivity index (χ4n) is 2.55. The average Bonchev–Trinajstić information content (AvgIpc) is 2.86. The summed E-state index contributed by atoms with van der Waals surface area (Å²) in [6.07, 6.45) is 11.3. The van der Waals surface area contributed by atoms with Gasteiger partial charge in [0, 0.05) is 31.4 Å². The third kappa shape index (κ3) is 4.60. The van der Waals surface area contributed by atoms with Crippen molar-refractivity contribution >= 4 is 6.03 Å². The van der Waals surface area contributed by atoms with Crippen molar-refractivity contribution in [3.63, 3.8) is 0 Å². The maximum Gasteiger partial charge on any atom is 0.315 e. The van der Waals surface area contributed by atoms with E-state index in [4.69, 9.17) is 0 Å². The number of carbonyl (C=O) groups excluding carboxylic acids is 1. The van der Waals surface area contributed by atoms with Crippen LogP contribution in [-0.4, -0.2) is 47.4 Å². The van der Waals surface area contributed by atoms with Crippen LogP contribution in [0.1, 0.15) is 30.9 Å². The van der Waals surface area contributed by atoms with Crippen molar-refractivity contribution in [3.05, 3.63) is 30.1 Å². The summed E-state index contributed by atoms with van der Waals surface area (Å²) in [5.41, 5.74) is 1.10. The van der Waals surface area contributed by atoms with E-state index in [-0.39, 0.29) is 18.1 Å². The summed E-state index contributed by atoms with van der Waals surface area (Å²) >= 11 is 0. The number of amides is 2. The molecule has 2 rings (SSSR count). The van der Waals surface area contributed by atoms with E-state index >= 15 is 0 Å². The molecule has 6 heteroatoms. The highest BCUT2D eigenvalue weighted by molar-refractivity contribution is 5.74. The van der Waals surface area contributed by atoms with Crippen molar-refractivity contribution < 1.29 is 4.79 Å². The number of urea groups is 1. The minimum absolute atomic E-state index is 0.109. The molecule has 0 saturated carbocycles. The molecule has 0 unspecified atom stereocenters. The highest BCUT2D eigenvalue weighted by Gasteiger charge is 2.18. The van der Waals surface area contributed by atoms with Gasteiger partial charge in [0.15, 0.2) is 0 Å². The molecule has 0 radical (unpaired) electrons. The van der Waals surface area contributed by atoms with Crippen LogP contribution in [-0.2, 0) is 7.05 Å². The van der Waals surface area contributed by atoms with Crippen LogP contribution in [0.5, 0.6) is 0 Å². The van der Waals surface area contributed by atoms with Crippen LogP contribution < -0.4 is 10.6 Å². The van der Waals surface area contributed by atoms with Crippen LogP contribution in [0.4, 0.5) is 4.79 Å². The van der Waals surface area contributed by atoms with E-state index in [0.717, 1.165) is 24.8 Å². The molecule has 0 aromatic carbocycles. The molecule has 0 saturated heterocycles. The lowest BCUT2D eigenvalue weighted by Crippen LogP contribution is -2.44. The Morgan fingerprint density at radius 3 is 2.95 bits per heavy atom. The molecule has 2 amide bonds. The average molecular weight is 291 g/mol. The van der Waals surface area contributed by atoms with Crippen LogP contribution in [0.15, 0.2) is 24.5 Å². The molecule has 0 fully saturated rings. The zero-order valence-corrected chi connectivity index (χ0v) is 13.0. The van der Waals surface area contributed by atoms with Gasteiger partial charge < -0.3 is 15.5 Å². The van der Waals surface area contributed by atoms with Crippen molar-refractivity contribution in [2.24, 2.45) is 7.05 Å². The molecule has 1 aliphatic carbocycles. The molecule has 0 aliphatic heterocycles. The molecule has 0 spiro atoms. The molecule has 2 N–H and O–H groups in total. The predicted octanol–water partition coefficient (Wildman–Crippen LogP) is 1.43. The van der Waals surface area contributed by atoms with E-state index in [0.29, 0.717) is 6.54 Å². The van der Waals surface area contributed by atoms with Gasteiger partial charge >= 0.3 is 6.03 Å². The Hall–Kier alpha value is -1.82. The Morgan fingerprint density at radius 2 is 2.38 bits per heavy atom. The number of hydrogen-bond donors (Lipinski definition) is 2. The van der Waals surface area contributed by atoms with E-state index in [1.54, 1.807) is 4.68 Å². The number of nitrogens with zero attached hydrogens (tertiary/aromatic N) is 3. The minimum Gasteiger partial charge on any atom is -0.336 e. The third-order valence-electron chi connectivity index (χ3n) is 3.76. The summed E-state index contributed by atoms with van der Waals surface area (Å²) in [6.45, 7) is 0.557. The molecule has 2 atom stereocenters. The predicted molar refractivity (Wildman–Crippen MR) is 82.9 cm³/mol. The van der Waals surface area contributed by atoms with Crippen molar-refractivity contribution in [3.8, 4) is 0 Å². The molecule has 1 aliphatic rings. The molecule has 1 aromatic rings. The first kappa shape index (κ1) is 15.6. The molecule has 0 bridgehead atoms. The normalized spacial score (nSPS) is 19.5. The molecular weight excluding hydrogens is 266 g/mol. The van der Waals surface area contributed by atoms with Gasteiger partial charge in [-0.05, 0) is 33.4 Å². The maximum absolute atomic E-state index is 12.0. The quantitative estimate of drug-likeness (QED) is 0.807. The zero-order valence-electron chi connectivity index (χ0n) is 13.0. The van der Waals surface area contributed by atoms with Gasteiger partial charge in [0.1, 0.15) is 0 Å². The Kier molecular flexibility index (Phi) is 5.38. The van der Waals surface area contributed by atoms with E-state index in [9.17, 15) is 4.79 Å². The zero-order chi connectivity index (χ0) is 15.2. The van der Waals surface area contributed by atoms with Crippen LogP contribution in [0.2, 0.25) is 0 Å². The standard InChI is InChI=1S/C15H25N5O/c1-19(2)14(12-9-17-20(3)11-12)10-16-15(21)18-13-7-5-4-6-8-13/h5,7,9,11,13-14H,4,6,8,10H2,1-3H3,(H2,16,18,21)/t13-,14-/m0/s1. The number of likely N-dealkylation sites (N-methyl/N-ethyl adjacent to an activating group) is 1. The number of nitrogens with one attached hydrogen (secondary N) is 2. The molecular formula is C15H25N5O. The van der Waals surface area contributed by atoms with Gasteiger partial charge in [-0.25, -0.2) is 4.79 Å². The number of aromatic nitrogens is 2. The summed E-state index contributed by atoms with van der Waals surface area (Å²) < 4.78 is 1.78.